The number of Topliss-reactive ketones (excluding diaryl/α,β-unsaturated/α-hetero) is 1. The van der Waals surface area contributed by atoms with E-state index in [1.807, 2.05) is 0 Å². The lowest BCUT2D eigenvalue weighted by molar-refractivity contribution is -0.160. The highest BCUT2D eigenvalue weighted by atomic mass is 79.9. The molecule has 3 aliphatic heterocycles. The first-order chi connectivity index (χ1) is 28.2. The summed E-state index contributed by atoms with van der Waals surface area (Å²) in [6.45, 7) is 11.5. The molecule has 0 aromatic heterocycles. The summed E-state index contributed by atoms with van der Waals surface area (Å²) in [5, 5.41) is 53.1. The van der Waals surface area contributed by atoms with Crippen molar-refractivity contribution in [1.82, 2.24) is 10.6 Å². The number of benzene rings is 2. The number of methoxy groups -OCH3 is 1. The molecule has 9 atom stereocenters. The van der Waals surface area contributed by atoms with Crippen LogP contribution >= 0.6 is 15.9 Å². The molecule has 0 unspecified atom stereocenters. The van der Waals surface area contributed by atoms with Crippen LogP contribution in [-0.2, 0) is 33.4 Å². The Labute approximate surface area is 356 Å². The second-order valence-electron chi connectivity index (χ2n) is 15.2. The number of alkyl halides is 1. The van der Waals surface area contributed by atoms with Gasteiger partial charge in [-0.15, -0.1) is 0 Å². The molecule has 5 bridgehead atoms. The molecule has 0 saturated carbocycles. The van der Waals surface area contributed by atoms with E-state index in [9.17, 15) is 44.4 Å². The van der Waals surface area contributed by atoms with Gasteiger partial charge in [-0.1, -0.05) is 61.9 Å². The van der Waals surface area contributed by atoms with Crippen molar-refractivity contribution in [3.63, 3.8) is 0 Å². The van der Waals surface area contributed by atoms with Gasteiger partial charge in [-0.25, -0.2) is 0 Å². The Kier molecular flexibility index (Phi) is 15.8. The number of ketones is 1. The van der Waals surface area contributed by atoms with Crippen molar-refractivity contribution in [2.75, 3.05) is 31.0 Å². The van der Waals surface area contributed by atoms with Gasteiger partial charge in [-0.05, 0) is 19.9 Å². The molecular formula is C42H54BrN3O14. The molecule has 18 heteroatoms. The van der Waals surface area contributed by atoms with E-state index in [1.165, 1.54) is 59.3 Å². The number of carbonyl (C=O) groups is 5. The zero-order chi connectivity index (χ0) is 44.8. The normalized spacial score (nSPS) is 29.4. The molecule has 0 saturated heterocycles. The van der Waals surface area contributed by atoms with Crippen LogP contribution in [0.4, 0.5) is 5.69 Å². The maximum absolute atomic E-state index is 14.4. The fraction of sp³-hybridized carbons (Fsp3) is 0.500. The van der Waals surface area contributed by atoms with Gasteiger partial charge in [0.25, 0.3) is 17.6 Å². The third-order valence-electron chi connectivity index (χ3n) is 10.9. The lowest BCUT2D eigenvalue weighted by Crippen LogP contribution is -2.46. The van der Waals surface area contributed by atoms with Gasteiger partial charge in [-0.2, -0.15) is 0 Å². The van der Waals surface area contributed by atoms with Crippen LogP contribution in [0.25, 0.3) is 10.8 Å². The highest BCUT2D eigenvalue weighted by Crippen LogP contribution is 2.54. The van der Waals surface area contributed by atoms with E-state index in [0.29, 0.717) is 0 Å². The predicted octanol–water partition coefficient (Wildman–Crippen LogP) is 4.01. The number of halogens is 1. The van der Waals surface area contributed by atoms with E-state index >= 15 is 0 Å². The maximum atomic E-state index is 14.4. The number of anilines is 1. The van der Waals surface area contributed by atoms with Gasteiger partial charge >= 0.3 is 11.8 Å². The number of nitrogens with one attached hydrogen (secondary N) is 3. The first kappa shape index (κ1) is 47.5. The van der Waals surface area contributed by atoms with Gasteiger partial charge in [0.15, 0.2) is 12.4 Å². The van der Waals surface area contributed by atoms with Crippen LogP contribution < -0.4 is 25.4 Å². The number of phenols is 2. The second-order valence-corrected chi connectivity index (χ2v) is 15.8. The molecule has 328 valence electrons. The van der Waals surface area contributed by atoms with Crippen molar-refractivity contribution in [1.29, 1.82) is 0 Å². The van der Waals surface area contributed by atoms with Gasteiger partial charge in [0.2, 0.25) is 5.91 Å². The molecule has 3 aliphatic rings. The lowest BCUT2D eigenvalue weighted by Gasteiger charge is -2.38. The van der Waals surface area contributed by atoms with Crippen LogP contribution in [0.3, 0.4) is 0 Å². The number of aliphatic hydroxyl groups is 2. The highest BCUT2D eigenvalue weighted by Gasteiger charge is 2.49. The largest absolute Gasteiger partial charge is 0.507 e. The molecule has 3 heterocycles. The first-order valence-electron chi connectivity index (χ1n) is 19.3. The molecule has 0 fully saturated rings. The Bertz CT molecular complexity index is 2090. The topological polar surface area (TPSA) is 249 Å². The minimum atomic E-state index is -2.07. The van der Waals surface area contributed by atoms with E-state index in [2.05, 4.69) is 31.9 Å². The number of ether oxygens (including phenoxy) is 5. The molecule has 0 aliphatic carbocycles. The summed E-state index contributed by atoms with van der Waals surface area (Å²) in [6, 6.07) is 1.19. The van der Waals surface area contributed by atoms with E-state index in [1.54, 1.807) is 39.8 Å². The number of hydrogen-bond donors (Lipinski definition) is 7. The molecular weight excluding hydrogens is 850 g/mol. The van der Waals surface area contributed by atoms with Crippen molar-refractivity contribution in [2.24, 2.45) is 23.7 Å². The second kappa shape index (κ2) is 19.9. The van der Waals surface area contributed by atoms with E-state index in [4.69, 9.17) is 23.7 Å². The summed E-state index contributed by atoms with van der Waals surface area (Å²) in [5.74, 6) is -9.23. The number of esters is 1. The van der Waals surface area contributed by atoms with Crippen LogP contribution in [-0.4, -0.2) is 106 Å². The minimum absolute atomic E-state index is 0.00923. The van der Waals surface area contributed by atoms with Crippen LogP contribution in [0, 0.1) is 30.6 Å². The van der Waals surface area contributed by atoms with Gasteiger partial charge in [0.1, 0.15) is 23.4 Å². The van der Waals surface area contributed by atoms with Gasteiger partial charge in [-0.3, -0.25) is 24.0 Å². The van der Waals surface area contributed by atoms with Crippen molar-refractivity contribution in [3.8, 4) is 23.0 Å². The van der Waals surface area contributed by atoms with Gasteiger partial charge < -0.3 is 60.1 Å². The summed E-state index contributed by atoms with van der Waals surface area (Å²) in [5.41, 5.74) is -0.223. The SMILES string of the molecule is CO[C@H]1/C=C/O[C@@]2(C)Oc3c(C)c(O)c4c(O)c(cc(OCC(=O)NCNC(=O)CBr)c4c3C2=O)NC(=O)/C(C)=C\C=C\[C@H](C)[C@H](O)[C@@H](C)[C@@H](O)[C@@H](C)[C@H](OC(C)=O)[C@@H]1C. The molecule has 3 amide bonds. The monoisotopic (exact) mass is 903 g/mol. The summed E-state index contributed by atoms with van der Waals surface area (Å²) in [4.78, 5) is 64.7. The Morgan fingerprint density at radius 1 is 0.950 bits per heavy atom. The number of phenolic OH excluding ortho intramolecular Hbond substituents is 2. The molecule has 7 N–H and O–H groups in total. The summed E-state index contributed by atoms with van der Waals surface area (Å²) in [7, 11) is 1.42. The van der Waals surface area contributed by atoms with Crippen molar-refractivity contribution >= 4 is 61.9 Å². The molecule has 2 aromatic carbocycles. The molecule has 60 heavy (non-hydrogen) atoms. The number of rotatable bonds is 8. The van der Waals surface area contributed by atoms with Gasteiger partial charge in [0.05, 0.1) is 53.2 Å². The smallest absolute Gasteiger partial charge is 0.312 e. The van der Waals surface area contributed by atoms with E-state index in [0.717, 1.165) is 0 Å². The quantitative estimate of drug-likeness (QED) is 0.0857. The fourth-order valence-electron chi connectivity index (χ4n) is 7.23. The average Bonchev–Trinajstić information content (AvgIpc) is 3.47. The summed E-state index contributed by atoms with van der Waals surface area (Å²) in [6.07, 6.45) is 3.36. The number of amides is 3. The zero-order valence-electron chi connectivity index (χ0n) is 35.0. The summed E-state index contributed by atoms with van der Waals surface area (Å²) >= 11 is 3.01. The number of fused-ring (bicyclic) bond motifs is 14. The summed E-state index contributed by atoms with van der Waals surface area (Å²) < 4.78 is 29.4. The van der Waals surface area contributed by atoms with E-state index in [-0.39, 0.29) is 62.6 Å². The Morgan fingerprint density at radius 3 is 2.25 bits per heavy atom. The van der Waals surface area contributed by atoms with E-state index < -0.39 is 95.5 Å². The van der Waals surface area contributed by atoms with Crippen LogP contribution in [0.5, 0.6) is 23.0 Å². The Morgan fingerprint density at radius 2 is 1.62 bits per heavy atom. The van der Waals surface area contributed by atoms with Crippen LogP contribution in [0.2, 0.25) is 0 Å². The van der Waals surface area contributed by atoms with Crippen molar-refractivity contribution in [2.45, 2.75) is 85.6 Å². The van der Waals surface area contributed by atoms with Gasteiger partial charge in [0, 0.05) is 67.2 Å². The Balaban J connectivity index is 1.90. The van der Waals surface area contributed by atoms with Crippen molar-refractivity contribution in [3.05, 3.63) is 53.3 Å². The standard InChI is InChI=1S/C42H54BrN3O14/c1-19-11-10-12-20(2)41(55)46-26-15-28(57-17-30(49)45-18-44-29(48)16-43)31-32(37(26)53)36(52)24(6)39-33(31)40(54)42(8,60-39)58-14-13-27(56-9)21(3)38(59-25(7)47)23(5)35(51)22(4)34(19)50/h10-15,19,21-23,27,34-35,38,50-53H,16-18H2,1-9H3,(H,44,48)(H,45,49)(H,46,55)/b11-10+,14-13+,20-12-/t19-,21+,22+,23+,27-,34-,35+,38+,42-/m0/s1. The average molecular weight is 905 g/mol. The number of aromatic hydroxyl groups is 2. The number of allylic oxidation sites excluding steroid dienone is 2. The number of carbonyl (C=O) groups excluding carboxylic acids is 5. The number of aliphatic hydroxyl groups excluding tert-OH is 2. The molecule has 2 aromatic rings. The number of hydrogen-bond acceptors (Lipinski definition) is 14. The fourth-order valence-corrected chi connectivity index (χ4v) is 7.43. The van der Waals surface area contributed by atoms with Crippen LogP contribution in [0.1, 0.15) is 64.4 Å². The maximum Gasteiger partial charge on any atom is 0.312 e. The molecule has 0 spiro atoms. The molecule has 17 nitrogen and oxygen atoms in total. The molecule has 5 rings (SSSR count). The lowest BCUT2D eigenvalue weighted by atomic mass is 9.78. The first-order valence-corrected chi connectivity index (χ1v) is 20.4. The third-order valence-corrected chi connectivity index (χ3v) is 11.4. The minimum Gasteiger partial charge on any atom is -0.507 e. The highest BCUT2D eigenvalue weighted by molar-refractivity contribution is 9.09. The van der Waals surface area contributed by atoms with Crippen molar-refractivity contribution < 1.29 is 68.1 Å². The Hall–Kier alpha value is -5.17. The zero-order valence-corrected chi connectivity index (χ0v) is 36.5. The predicted molar refractivity (Wildman–Crippen MR) is 223 cm³/mol. The third kappa shape index (κ3) is 10.2. The van der Waals surface area contributed by atoms with Crippen LogP contribution in [0.15, 0.2) is 42.2 Å². The molecule has 0 radical (unpaired) electrons.